The quantitative estimate of drug-likeness (QED) is 0.464. The predicted octanol–water partition coefficient (Wildman–Crippen LogP) is 1.88. The maximum atomic E-state index is 10.2. The Balaban J connectivity index is 4.67. The van der Waals surface area contributed by atoms with E-state index in [-0.39, 0.29) is 0 Å². The van der Waals surface area contributed by atoms with Gasteiger partial charge in [0.1, 0.15) is 0 Å². The first-order valence-corrected chi connectivity index (χ1v) is 5.49. The summed E-state index contributed by atoms with van der Waals surface area (Å²) < 4.78 is 25.2. The average Bonchev–Trinajstić information content (AvgIpc) is 1.52. The fourth-order valence-electron chi connectivity index (χ4n) is 0.220. The first-order chi connectivity index (χ1) is 4.96. The third kappa shape index (κ3) is 4.53. The Kier molecular flexibility index (Phi) is 4.24. The van der Waals surface area contributed by atoms with Crippen molar-refractivity contribution < 1.29 is 13.0 Å². The van der Waals surface area contributed by atoms with Gasteiger partial charge in [-0.05, 0) is 0 Å². The average molecular weight is 297 g/mol. The molecule has 0 saturated carbocycles. The van der Waals surface area contributed by atoms with Crippen LogP contribution in [0.25, 0.3) is 0 Å². The van der Waals surface area contributed by atoms with Gasteiger partial charge in [-0.2, -0.15) is 13.1 Å². The summed E-state index contributed by atoms with van der Waals surface area (Å²) in [7, 11) is -4.63. The van der Waals surface area contributed by atoms with Gasteiger partial charge in [0, 0.05) is 0 Å². The van der Waals surface area contributed by atoms with Gasteiger partial charge in [0.2, 0.25) is 8.25 Å². The van der Waals surface area contributed by atoms with Crippen molar-refractivity contribution in [1.82, 2.24) is 4.72 Å². The van der Waals surface area contributed by atoms with Crippen LogP contribution in [0.2, 0.25) is 0 Å². The van der Waals surface area contributed by atoms with Crippen LogP contribution >= 0.6 is 58.0 Å². The van der Waals surface area contributed by atoms with E-state index in [0.717, 1.165) is 0 Å². The smallest absolute Gasteiger partial charge is 0.273 e. The molecule has 0 aromatic carbocycles. The lowest BCUT2D eigenvalue weighted by molar-refractivity contribution is 0.460. The molecule has 0 atom stereocenters. The third-order valence-electron chi connectivity index (χ3n) is 0.613. The van der Waals surface area contributed by atoms with Crippen molar-refractivity contribution in [3.05, 3.63) is 0 Å². The van der Waals surface area contributed by atoms with Crippen molar-refractivity contribution in [3.63, 3.8) is 0 Å². The van der Waals surface area contributed by atoms with Crippen LogP contribution in [0, 0.1) is 0 Å². The van der Waals surface area contributed by atoms with Gasteiger partial charge in [0.15, 0.2) is 0 Å². The molecule has 0 aliphatic heterocycles. The molecule has 0 aromatic heterocycles. The minimum Gasteiger partial charge on any atom is -0.273 e. The minimum atomic E-state index is -4.63. The first kappa shape index (κ1) is 13.3. The van der Waals surface area contributed by atoms with E-state index < -0.39 is 18.6 Å². The topological polar surface area (TPSA) is 66.4 Å². The molecule has 10 heteroatoms. The Morgan fingerprint density at radius 2 is 1.42 bits per heavy atom. The maximum absolute atomic E-state index is 10.2. The van der Waals surface area contributed by atoms with Crippen LogP contribution < -0.4 is 4.72 Å². The third-order valence-corrected chi connectivity index (χ3v) is 3.59. The Morgan fingerprint density at radius 3 is 1.50 bits per heavy atom. The van der Waals surface area contributed by atoms with Gasteiger partial charge in [0.05, 0.1) is 0 Å². The number of hydrogen-bond acceptors (Lipinski definition) is 2. The van der Waals surface area contributed by atoms with Crippen molar-refractivity contribution in [2.24, 2.45) is 0 Å². The molecule has 0 heterocycles. The fourth-order valence-corrected chi connectivity index (χ4v) is 1.59. The van der Waals surface area contributed by atoms with Gasteiger partial charge in [-0.25, -0.2) is 0 Å². The number of nitrogens with one attached hydrogen (secondary N) is 1. The molecule has 2 N–H and O–H groups in total. The molecule has 0 rings (SSSR count). The highest BCUT2D eigenvalue weighted by Crippen LogP contribution is 2.44. The van der Waals surface area contributed by atoms with E-state index in [1.807, 2.05) is 0 Å². The van der Waals surface area contributed by atoms with E-state index in [1.165, 1.54) is 4.72 Å². The molecule has 74 valence electrons. The molecule has 0 saturated heterocycles. The van der Waals surface area contributed by atoms with Gasteiger partial charge in [-0.1, -0.05) is 58.0 Å². The van der Waals surface area contributed by atoms with Crippen LogP contribution in [-0.2, 0) is 10.3 Å². The Hall–Kier alpha value is 1.32. The summed E-state index contributed by atoms with van der Waals surface area (Å²) in [6, 6.07) is 0. The summed E-state index contributed by atoms with van der Waals surface area (Å²) in [4.78, 5) is 0. The number of hydrogen-bond donors (Lipinski definition) is 2. The molecule has 0 aromatic rings. The zero-order valence-electron chi connectivity index (χ0n) is 5.06. The standard InChI is InChI=1S/C2H2Cl5NO3S/c3-1(4,5)2(6,7)8-12(9,10)11/h8H,(H,9,10,11). The van der Waals surface area contributed by atoms with Crippen molar-refractivity contribution in [3.8, 4) is 0 Å². The Labute approximate surface area is 93.9 Å². The highest BCUT2D eigenvalue weighted by molar-refractivity contribution is 7.84. The highest BCUT2D eigenvalue weighted by atomic mass is 35.6. The maximum Gasteiger partial charge on any atom is 0.335 e. The van der Waals surface area contributed by atoms with Crippen molar-refractivity contribution >= 4 is 68.3 Å². The molecule has 0 bridgehead atoms. The molecular formula is C2H2Cl5NO3S. The van der Waals surface area contributed by atoms with Gasteiger partial charge < -0.3 is 0 Å². The molecule has 0 amide bonds. The fraction of sp³-hybridized carbons (Fsp3) is 1.00. The molecule has 0 aliphatic carbocycles. The molecule has 0 spiro atoms. The summed E-state index contributed by atoms with van der Waals surface area (Å²) >= 11 is 25.9. The second kappa shape index (κ2) is 3.82. The molecular weight excluding hydrogens is 295 g/mol. The molecule has 0 radical (unpaired) electrons. The van der Waals surface area contributed by atoms with E-state index >= 15 is 0 Å². The zero-order valence-corrected chi connectivity index (χ0v) is 9.66. The predicted molar refractivity (Wildman–Crippen MR) is 49.4 cm³/mol. The number of halogens is 5. The minimum absolute atomic E-state index is 1.30. The molecule has 0 fully saturated rings. The second-order valence-corrected chi connectivity index (χ2v) is 6.41. The van der Waals surface area contributed by atoms with Crippen LogP contribution in [0.4, 0.5) is 0 Å². The Bertz CT molecular complexity index is 254. The van der Waals surface area contributed by atoms with Crippen molar-refractivity contribution in [1.29, 1.82) is 0 Å². The van der Waals surface area contributed by atoms with Gasteiger partial charge in [-0.15, -0.1) is 0 Å². The lowest BCUT2D eigenvalue weighted by Gasteiger charge is -2.26. The van der Waals surface area contributed by atoms with Crippen molar-refractivity contribution in [2.75, 3.05) is 0 Å². The molecule has 0 unspecified atom stereocenters. The lowest BCUT2D eigenvalue weighted by Crippen LogP contribution is -2.48. The molecule has 4 nitrogen and oxygen atoms in total. The summed E-state index contributed by atoms with van der Waals surface area (Å²) in [5, 5.41) is 0. The summed E-state index contributed by atoms with van der Waals surface area (Å²) in [5.41, 5.74) is 0. The van der Waals surface area contributed by atoms with Crippen molar-refractivity contribution in [2.45, 2.75) is 8.25 Å². The van der Waals surface area contributed by atoms with E-state index in [0.29, 0.717) is 0 Å². The van der Waals surface area contributed by atoms with Crippen LogP contribution in [0.3, 0.4) is 0 Å². The number of rotatable bonds is 2. The summed E-state index contributed by atoms with van der Waals surface area (Å²) in [6.45, 7) is 0. The van der Waals surface area contributed by atoms with E-state index in [9.17, 15) is 8.42 Å². The van der Waals surface area contributed by atoms with Crippen LogP contribution in [0.15, 0.2) is 0 Å². The SMILES string of the molecule is O=S(=O)(O)NC(Cl)(Cl)C(Cl)(Cl)Cl. The second-order valence-electron chi connectivity index (χ2n) is 1.65. The summed E-state index contributed by atoms with van der Waals surface area (Å²) in [6.07, 6.45) is 0. The lowest BCUT2D eigenvalue weighted by atomic mass is 10.7. The largest absolute Gasteiger partial charge is 0.335 e. The number of alkyl halides is 5. The van der Waals surface area contributed by atoms with Gasteiger partial charge in [0.25, 0.3) is 0 Å². The van der Waals surface area contributed by atoms with E-state index in [2.05, 4.69) is 0 Å². The molecule has 0 aliphatic rings. The van der Waals surface area contributed by atoms with Crippen LogP contribution in [0.5, 0.6) is 0 Å². The first-order valence-electron chi connectivity index (χ1n) is 2.16. The van der Waals surface area contributed by atoms with Crippen LogP contribution in [-0.4, -0.2) is 21.2 Å². The Morgan fingerprint density at radius 1 is 1.08 bits per heavy atom. The highest BCUT2D eigenvalue weighted by Gasteiger charge is 2.48. The van der Waals surface area contributed by atoms with Gasteiger partial charge >= 0.3 is 10.3 Å². The van der Waals surface area contributed by atoms with E-state index in [1.54, 1.807) is 0 Å². The monoisotopic (exact) mass is 295 g/mol. The normalized spacial score (nSPS) is 14.8. The zero-order chi connectivity index (χ0) is 10.2. The van der Waals surface area contributed by atoms with Crippen LogP contribution in [0.1, 0.15) is 0 Å². The van der Waals surface area contributed by atoms with Gasteiger partial charge in [-0.3, -0.25) is 4.55 Å². The molecule has 12 heavy (non-hydrogen) atoms. The van der Waals surface area contributed by atoms with E-state index in [4.69, 9.17) is 62.6 Å². The summed E-state index contributed by atoms with van der Waals surface area (Å²) in [5.74, 6) is 0.